The first-order chi connectivity index (χ1) is 11.0. The van der Waals surface area contributed by atoms with Gasteiger partial charge in [0.25, 0.3) is 0 Å². The number of benzene rings is 1. The minimum atomic E-state index is -0.941. The number of ether oxygens (including phenoxy) is 1. The van der Waals surface area contributed by atoms with Crippen molar-refractivity contribution < 1.29 is 19.4 Å². The molecule has 1 aromatic heterocycles. The lowest BCUT2D eigenvalue weighted by Gasteiger charge is -2.15. The molecule has 0 bridgehead atoms. The van der Waals surface area contributed by atoms with Crippen LogP contribution in [0.4, 0.5) is 5.13 Å². The summed E-state index contributed by atoms with van der Waals surface area (Å²) in [5.41, 5.74) is 1.63. The molecule has 0 saturated carbocycles. The highest BCUT2D eigenvalue weighted by atomic mass is 32.1. The van der Waals surface area contributed by atoms with Crippen LogP contribution in [0.15, 0.2) is 29.6 Å². The van der Waals surface area contributed by atoms with E-state index in [1.807, 2.05) is 12.3 Å². The van der Waals surface area contributed by atoms with E-state index in [1.54, 1.807) is 31.4 Å². The van der Waals surface area contributed by atoms with Crippen LogP contribution in [0.1, 0.15) is 30.0 Å². The zero-order valence-corrected chi connectivity index (χ0v) is 13.7. The zero-order valence-electron chi connectivity index (χ0n) is 12.9. The molecule has 0 fully saturated rings. The number of carboxylic acids is 1. The number of nitrogens with zero attached hydrogens (tertiary/aromatic N) is 1. The Bertz CT molecular complexity index is 682. The molecule has 7 heteroatoms. The lowest BCUT2D eigenvalue weighted by Crippen LogP contribution is -2.17. The third-order valence-corrected chi connectivity index (χ3v) is 4.18. The van der Waals surface area contributed by atoms with Gasteiger partial charge >= 0.3 is 5.97 Å². The number of amides is 1. The Hall–Kier alpha value is -2.41. The third-order valence-electron chi connectivity index (χ3n) is 3.31. The van der Waals surface area contributed by atoms with Crippen molar-refractivity contribution in [3.8, 4) is 5.75 Å². The van der Waals surface area contributed by atoms with E-state index < -0.39 is 11.9 Å². The highest BCUT2D eigenvalue weighted by Gasteiger charge is 2.20. The molecule has 2 rings (SSSR count). The summed E-state index contributed by atoms with van der Waals surface area (Å²) in [6.45, 7) is 1.84. The number of methoxy groups -OCH3 is 1. The van der Waals surface area contributed by atoms with Crippen molar-refractivity contribution in [3.63, 3.8) is 0 Å². The van der Waals surface area contributed by atoms with Crippen LogP contribution in [0.5, 0.6) is 5.75 Å². The first-order valence-corrected chi connectivity index (χ1v) is 7.93. The second-order valence-electron chi connectivity index (χ2n) is 5.11. The first kappa shape index (κ1) is 17.0. The van der Waals surface area contributed by atoms with Gasteiger partial charge in [-0.2, -0.15) is 0 Å². The third kappa shape index (κ3) is 5.07. The molecule has 1 atom stereocenters. The van der Waals surface area contributed by atoms with Gasteiger partial charge in [0.05, 0.1) is 19.2 Å². The van der Waals surface area contributed by atoms with Crippen molar-refractivity contribution >= 4 is 28.3 Å². The van der Waals surface area contributed by atoms with E-state index in [-0.39, 0.29) is 18.7 Å². The Kier molecular flexibility index (Phi) is 5.70. The molecule has 0 aliphatic carbocycles. The van der Waals surface area contributed by atoms with Crippen LogP contribution in [-0.2, 0) is 9.59 Å². The van der Waals surface area contributed by atoms with Crippen molar-refractivity contribution in [1.82, 2.24) is 4.98 Å². The number of aromatic nitrogens is 1. The predicted molar refractivity (Wildman–Crippen MR) is 88.1 cm³/mol. The molecular weight excluding hydrogens is 316 g/mol. The van der Waals surface area contributed by atoms with Gasteiger partial charge in [0.1, 0.15) is 5.75 Å². The highest BCUT2D eigenvalue weighted by molar-refractivity contribution is 7.13. The molecule has 0 radical (unpaired) electrons. The van der Waals surface area contributed by atoms with E-state index in [0.717, 1.165) is 11.3 Å². The topological polar surface area (TPSA) is 88.5 Å². The highest BCUT2D eigenvalue weighted by Crippen LogP contribution is 2.26. The number of rotatable bonds is 7. The number of thiazole rings is 1. The summed E-state index contributed by atoms with van der Waals surface area (Å²) < 4.78 is 5.09. The van der Waals surface area contributed by atoms with Crippen LogP contribution in [-0.4, -0.2) is 29.1 Å². The molecule has 2 N–H and O–H groups in total. The second-order valence-corrected chi connectivity index (χ2v) is 5.97. The monoisotopic (exact) mass is 334 g/mol. The van der Waals surface area contributed by atoms with Gasteiger partial charge in [-0.05, 0) is 24.6 Å². The summed E-state index contributed by atoms with van der Waals surface area (Å²) in [6.07, 6.45) is -0.0338. The molecule has 0 aliphatic rings. The molecule has 2 aromatic rings. The van der Waals surface area contributed by atoms with E-state index >= 15 is 0 Å². The predicted octanol–water partition coefficient (Wildman–Crippen LogP) is 3.05. The van der Waals surface area contributed by atoms with E-state index in [1.165, 1.54) is 11.3 Å². The van der Waals surface area contributed by atoms with Crippen molar-refractivity contribution in [3.05, 3.63) is 40.9 Å². The number of hydrogen-bond acceptors (Lipinski definition) is 5. The maximum absolute atomic E-state index is 12.1. The molecule has 1 heterocycles. The lowest BCUT2D eigenvalue weighted by molar-refractivity contribution is -0.137. The molecule has 0 unspecified atom stereocenters. The average molecular weight is 334 g/mol. The van der Waals surface area contributed by atoms with Crippen LogP contribution in [0, 0.1) is 6.92 Å². The van der Waals surface area contributed by atoms with Gasteiger partial charge in [-0.25, -0.2) is 4.98 Å². The standard InChI is InChI=1S/C16H18N2O4S/c1-10-9-23-16(17-10)18-14(19)7-12(8-15(20)21)11-3-5-13(22-2)6-4-11/h3-6,9,12H,7-8H2,1-2H3,(H,20,21)(H,17,18,19)/t12-/m1/s1. The van der Waals surface area contributed by atoms with Gasteiger partial charge in [0.15, 0.2) is 5.13 Å². The maximum atomic E-state index is 12.1. The molecule has 122 valence electrons. The Morgan fingerprint density at radius 2 is 2.00 bits per heavy atom. The van der Waals surface area contributed by atoms with Crippen LogP contribution in [0.25, 0.3) is 0 Å². The van der Waals surface area contributed by atoms with Gasteiger partial charge in [-0.1, -0.05) is 12.1 Å². The molecule has 6 nitrogen and oxygen atoms in total. The zero-order chi connectivity index (χ0) is 16.8. The Morgan fingerprint density at radius 1 is 1.30 bits per heavy atom. The van der Waals surface area contributed by atoms with Gasteiger partial charge in [0, 0.05) is 17.7 Å². The summed E-state index contributed by atoms with van der Waals surface area (Å²) in [4.78, 5) is 27.4. The SMILES string of the molecule is COc1ccc([C@@H](CC(=O)O)CC(=O)Nc2nc(C)cs2)cc1. The molecule has 0 saturated heterocycles. The fraction of sp³-hybridized carbons (Fsp3) is 0.312. The molecule has 0 spiro atoms. The number of nitrogens with one attached hydrogen (secondary N) is 1. The molecule has 1 aromatic carbocycles. The normalized spacial score (nSPS) is 11.7. The number of aliphatic carboxylic acids is 1. The van der Waals surface area contributed by atoms with E-state index in [9.17, 15) is 9.59 Å². The van der Waals surface area contributed by atoms with Crippen LogP contribution in [0.2, 0.25) is 0 Å². The minimum Gasteiger partial charge on any atom is -0.497 e. The first-order valence-electron chi connectivity index (χ1n) is 7.05. The summed E-state index contributed by atoms with van der Waals surface area (Å²) in [6, 6.07) is 7.08. The van der Waals surface area contributed by atoms with E-state index in [0.29, 0.717) is 10.9 Å². The van der Waals surface area contributed by atoms with Crippen molar-refractivity contribution in [2.75, 3.05) is 12.4 Å². The number of aryl methyl sites for hydroxylation is 1. The summed E-state index contributed by atoms with van der Waals surface area (Å²) in [5.74, 6) is -0.907. The quantitative estimate of drug-likeness (QED) is 0.812. The Morgan fingerprint density at radius 3 is 2.52 bits per heavy atom. The minimum absolute atomic E-state index is 0.0806. The van der Waals surface area contributed by atoms with Gasteiger partial charge in [0.2, 0.25) is 5.91 Å². The van der Waals surface area contributed by atoms with Crippen molar-refractivity contribution in [2.24, 2.45) is 0 Å². The number of carboxylic acid groups (broad SMARTS) is 1. The number of hydrogen-bond donors (Lipinski definition) is 2. The smallest absolute Gasteiger partial charge is 0.303 e. The van der Waals surface area contributed by atoms with Crippen LogP contribution >= 0.6 is 11.3 Å². The van der Waals surface area contributed by atoms with E-state index in [2.05, 4.69) is 10.3 Å². The average Bonchev–Trinajstić information content (AvgIpc) is 2.91. The molecular formula is C16H18N2O4S. The fourth-order valence-corrected chi connectivity index (χ4v) is 2.90. The lowest BCUT2D eigenvalue weighted by atomic mass is 9.92. The van der Waals surface area contributed by atoms with Gasteiger partial charge in [-0.3, -0.25) is 9.59 Å². The fourth-order valence-electron chi connectivity index (χ4n) is 2.20. The van der Waals surface area contributed by atoms with Gasteiger partial charge < -0.3 is 15.2 Å². The maximum Gasteiger partial charge on any atom is 0.303 e. The van der Waals surface area contributed by atoms with Crippen molar-refractivity contribution in [1.29, 1.82) is 0 Å². The number of carbonyl (C=O) groups excluding carboxylic acids is 1. The van der Waals surface area contributed by atoms with Gasteiger partial charge in [-0.15, -0.1) is 11.3 Å². The second kappa shape index (κ2) is 7.73. The molecule has 23 heavy (non-hydrogen) atoms. The number of carbonyl (C=O) groups is 2. The Labute approximate surface area is 138 Å². The summed E-state index contributed by atoms with van der Waals surface area (Å²) >= 11 is 1.34. The summed E-state index contributed by atoms with van der Waals surface area (Å²) in [5, 5.41) is 14.2. The number of anilines is 1. The van der Waals surface area contributed by atoms with E-state index in [4.69, 9.17) is 9.84 Å². The molecule has 1 amide bonds. The van der Waals surface area contributed by atoms with Crippen LogP contribution < -0.4 is 10.1 Å². The van der Waals surface area contributed by atoms with Crippen LogP contribution in [0.3, 0.4) is 0 Å². The largest absolute Gasteiger partial charge is 0.497 e. The Balaban J connectivity index is 2.07. The van der Waals surface area contributed by atoms with Crippen molar-refractivity contribution in [2.45, 2.75) is 25.7 Å². The summed E-state index contributed by atoms with van der Waals surface area (Å²) in [7, 11) is 1.56. The molecule has 0 aliphatic heterocycles.